The molecule has 0 aliphatic carbocycles. The van der Waals surface area contributed by atoms with Crippen LogP contribution < -0.4 is 10.2 Å². The highest BCUT2D eigenvalue weighted by Gasteiger charge is 2.50. The second-order valence-electron chi connectivity index (χ2n) is 7.90. The number of carbonyl (C=O) groups is 3. The van der Waals surface area contributed by atoms with Crippen LogP contribution in [0.5, 0.6) is 0 Å². The molecule has 0 bridgehead atoms. The van der Waals surface area contributed by atoms with Gasteiger partial charge in [-0.2, -0.15) is 0 Å². The first-order chi connectivity index (χ1) is 16.3. The summed E-state index contributed by atoms with van der Waals surface area (Å²) < 4.78 is 4.59. The number of H-pyrrole nitrogens is 1. The second-order valence-corrected chi connectivity index (χ2v) is 7.90. The van der Waals surface area contributed by atoms with Gasteiger partial charge >= 0.3 is 6.09 Å². The Morgan fingerprint density at radius 3 is 2.65 bits per heavy atom. The maximum absolute atomic E-state index is 13.5. The third kappa shape index (κ3) is 3.22. The second kappa shape index (κ2) is 7.82. The number of nitrogens with zero attached hydrogens (tertiary/aromatic N) is 2. The number of hydrogen-bond donors (Lipinski definition) is 3. The molecule has 3 N–H and O–H groups in total. The van der Waals surface area contributed by atoms with Crippen molar-refractivity contribution in [2.24, 2.45) is 0 Å². The molecule has 1 aliphatic heterocycles. The molecule has 0 saturated carbocycles. The Morgan fingerprint density at radius 2 is 1.88 bits per heavy atom. The number of methoxy groups -OCH3 is 1. The summed E-state index contributed by atoms with van der Waals surface area (Å²) >= 11 is 0. The zero-order valence-electron chi connectivity index (χ0n) is 18.3. The van der Waals surface area contributed by atoms with Crippen LogP contribution in [0.1, 0.15) is 38.8 Å². The molecule has 2 heterocycles. The van der Waals surface area contributed by atoms with Crippen LogP contribution in [0.4, 0.5) is 16.4 Å². The molecule has 0 spiro atoms. The lowest BCUT2D eigenvalue weighted by Gasteiger charge is -2.35. The summed E-state index contributed by atoms with van der Waals surface area (Å²) in [5.41, 5.74) is 1.18. The highest BCUT2D eigenvalue weighted by molar-refractivity contribution is 6.13. The van der Waals surface area contributed by atoms with Crippen LogP contribution in [-0.2, 0) is 10.5 Å². The highest BCUT2D eigenvalue weighted by Crippen LogP contribution is 2.45. The first kappa shape index (κ1) is 21.4. The standard InChI is InChI=1S/C25H20N4O5/c1-14(30)15-6-5-7-17(12-15)29-22(31)18-8-3-4-9-19(18)25(29,33)16-10-11-20-21(13-16)27-23(26-20)28-24(32)34-2/h3-13,33H,1-2H3,(H2,26,27,28,32). The van der Waals surface area contributed by atoms with E-state index in [2.05, 4.69) is 20.0 Å². The molecule has 1 atom stereocenters. The minimum atomic E-state index is -1.85. The normalized spacial score (nSPS) is 17.0. The van der Waals surface area contributed by atoms with E-state index in [1.54, 1.807) is 66.7 Å². The smallest absolute Gasteiger partial charge is 0.413 e. The molecule has 0 saturated heterocycles. The molecule has 0 fully saturated rings. The minimum Gasteiger partial charge on any atom is -0.453 e. The maximum Gasteiger partial charge on any atom is 0.413 e. The van der Waals surface area contributed by atoms with Crippen molar-refractivity contribution in [2.75, 3.05) is 17.3 Å². The molecular weight excluding hydrogens is 436 g/mol. The van der Waals surface area contributed by atoms with Gasteiger partial charge in [0.25, 0.3) is 5.91 Å². The largest absolute Gasteiger partial charge is 0.453 e. The summed E-state index contributed by atoms with van der Waals surface area (Å²) in [7, 11) is 1.25. The quantitative estimate of drug-likeness (QED) is 0.401. The predicted molar refractivity (Wildman–Crippen MR) is 125 cm³/mol. The van der Waals surface area contributed by atoms with Gasteiger partial charge in [0.2, 0.25) is 5.95 Å². The average Bonchev–Trinajstić information content (AvgIpc) is 3.35. The van der Waals surface area contributed by atoms with Crippen LogP contribution >= 0.6 is 0 Å². The zero-order chi connectivity index (χ0) is 24.0. The Hall–Kier alpha value is -4.50. The Labute approximate surface area is 194 Å². The average molecular weight is 456 g/mol. The van der Waals surface area contributed by atoms with Crippen LogP contribution in [0, 0.1) is 0 Å². The van der Waals surface area contributed by atoms with Crippen LogP contribution in [0.2, 0.25) is 0 Å². The number of nitrogens with one attached hydrogen (secondary N) is 2. The molecule has 1 unspecified atom stereocenters. The lowest BCUT2D eigenvalue weighted by molar-refractivity contribution is 0.0703. The fourth-order valence-electron chi connectivity index (χ4n) is 4.24. The predicted octanol–water partition coefficient (Wildman–Crippen LogP) is 3.80. The van der Waals surface area contributed by atoms with E-state index in [1.165, 1.54) is 18.9 Å². The van der Waals surface area contributed by atoms with E-state index in [0.29, 0.717) is 39.0 Å². The van der Waals surface area contributed by atoms with Gasteiger partial charge < -0.3 is 14.8 Å². The van der Waals surface area contributed by atoms with Gasteiger partial charge in [-0.25, -0.2) is 9.78 Å². The lowest BCUT2D eigenvalue weighted by Crippen LogP contribution is -2.45. The molecule has 3 aromatic carbocycles. The molecule has 1 aromatic heterocycles. The molecule has 170 valence electrons. The Kier molecular flexibility index (Phi) is 4.91. The van der Waals surface area contributed by atoms with Crippen molar-refractivity contribution < 1.29 is 24.2 Å². The van der Waals surface area contributed by atoms with Crippen molar-refractivity contribution in [3.8, 4) is 0 Å². The fourth-order valence-corrected chi connectivity index (χ4v) is 4.24. The van der Waals surface area contributed by atoms with E-state index in [9.17, 15) is 19.5 Å². The van der Waals surface area contributed by atoms with E-state index in [0.717, 1.165) is 0 Å². The number of benzene rings is 3. The number of ether oxygens (including phenoxy) is 1. The SMILES string of the molecule is COC(=O)Nc1nc2cc(C3(O)c4ccccc4C(=O)N3c3cccc(C(C)=O)c3)ccc2[nH]1. The zero-order valence-corrected chi connectivity index (χ0v) is 18.3. The molecule has 34 heavy (non-hydrogen) atoms. The van der Waals surface area contributed by atoms with Crippen molar-refractivity contribution in [3.63, 3.8) is 0 Å². The van der Waals surface area contributed by atoms with E-state index in [-0.39, 0.29) is 11.7 Å². The number of imidazole rings is 1. The number of aromatic nitrogens is 2. The molecule has 1 aliphatic rings. The number of rotatable bonds is 4. The first-order valence-electron chi connectivity index (χ1n) is 10.5. The third-order valence-electron chi connectivity index (χ3n) is 5.86. The number of amides is 2. The minimum absolute atomic E-state index is 0.155. The number of aromatic amines is 1. The Balaban J connectivity index is 1.68. The molecular formula is C25H20N4O5. The number of anilines is 2. The van der Waals surface area contributed by atoms with Crippen LogP contribution in [-0.4, -0.2) is 40.0 Å². The van der Waals surface area contributed by atoms with Crippen molar-refractivity contribution in [1.82, 2.24) is 9.97 Å². The van der Waals surface area contributed by atoms with Gasteiger partial charge in [-0.05, 0) is 37.3 Å². The topological polar surface area (TPSA) is 125 Å². The summed E-state index contributed by atoms with van der Waals surface area (Å²) in [6.07, 6.45) is -0.676. The number of ketones is 1. The van der Waals surface area contributed by atoms with Gasteiger partial charge in [0.1, 0.15) is 0 Å². The van der Waals surface area contributed by atoms with Crippen molar-refractivity contribution in [3.05, 3.63) is 89.0 Å². The van der Waals surface area contributed by atoms with Gasteiger partial charge in [0.15, 0.2) is 11.5 Å². The summed E-state index contributed by atoms with van der Waals surface area (Å²) in [6.45, 7) is 1.44. The van der Waals surface area contributed by atoms with E-state index < -0.39 is 17.7 Å². The van der Waals surface area contributed by atoms with Gasteiger partial charge in [-0.3, -0.25) is 19.8 Å². The number of aliphatic hydroxyl groups is 1. The van der Waals surface area contributed by atoms with Crippen molar-refractivity contribution in [2.45, 2.75) is 12.6 Å². The van der Waals surface area contributed by atoms with Crippen molar-refractivity contribution >= 4 is 40.5 Å². The van der Waals surface area contributed by atoms with Crippen LogP contribution in [0.25, 0.3) is 11.0 Å². The molecule has 5 rings (SSSR count). The van der Waals surface area contributed by atoms with E-state index in [4.69, 9.17) is 0 Å². The van der Waals surface area contributed by atoms with E-state index >= 15 is 0 Å². The van der Waals surface area contributed by atoms with Gasteiger partial charge in [0.05, 0.1) is 18.1 Å². The summed E-state index contributed by atoms with van der Waals surface area (Å²) in [5.74, 6) is -0.369. The van der Waals surface area contributed by atoms with Gasteiger partial charge in [0, 0.05) is 27.9 Å². The van der Waals surface area contributed by atoms with Gasteiger partial charge in [-0.1, -0.05) is 36.4 Å². The van der Waals surface area contributed by atoms with Gasteiger partial charge in [-0.15, -0.1) is 0 Å². The fraction of sp³-hybridized carbons (Fsp3) is 0.120. The molecule has 4 aromatic rings. The number of Topliss-reactive ketones (excluding diaryl/α,β-unsaturated/α-hetero) is 1. The van der Waals surface area contributed by atoms with Crippen LogP contribution in [0.15, 0.2) is 66.7 Å². The third-order valence-corrected chi connectivity index (χ3v) is 5.86. The summed E-state index contributed by atoms with van der Waals surface area (Å²) in [4.78, 5) is 45.6. The Bertz CT molecular complexity index is 1480. The lowest BCUT2D eigenvalue weighted by atomic mass is 9.93. The number of hydrogen-bond acceptors (Lipinski definition) is 6. The first-order valence-corrected chi connectivity index (χ1v) is 10.5. The Morgan fingerprint density at radius 1 is 1.09 bits per heavy atom. The summed E-state index contributed by atoms with van der Waals surface area (Å²) in [6, 6.07) is 18.4. The summed E-state index contributed by atoms with van der Waals surface area (Å²) in [5, 5.41) is 14.6. The highest BCUT2D eigenvalue weighted by atomic mass is 16.5. The molecule has 9 nitrogen and oxygen atoms in total. The van der Waals surface area contributed by atoms with Crippen molar-refractivity contribution in [1.29, 1.82) is 0 Å². The molecule has 2 amide bonds. The monoisotopic (exact) mass is 456 g/mol. The maximum atomic E-state index is 13.5. The molecule has 9 heteroatoms. The van der Waals surface area contributed by atoms with E-state index in [1.807, 2.05) is 0 Å². The molecule has 0 radical (unpaired) electrons. The number of fused-ring (bicyclic) bond motifs is 2. The van der Waals surface area contributed by atoms with Crippen LogP contribution in [0.3, 0.4) is 0 Å². The number of carbonyl (C=O) groups excluding carboxylic acids is 3.